The molecule has 0 radical (unpaired) electrons. The van der Waals surface area contributed by atoms with Gasteiger partial charge in [0.05, 0.1) is 25.9 Å². The standard InChI is InChI=1S/C10H15NO3/c1-7(12)6-8-9(13-2)4-5-11-10(8)14-3/h4-5,7,12H,6H2,1-3H3. The van der Waals surface area contributed by atoms with Crippen molar-refractivity contribution in [1.82, 2.24) is 4.98 Å². The first-order valence-corrected chi connectivity index (χ1v) is 4.43. The van der Waals surface area contributed by atoms with Gasteiger partial charge in [-0.3, -0.25) is 0 Å². The predicted molar refractivity (Wildman–Crippen MR) is 52.7 cm³/mol. The van der Waals surface area contributed by atoms with Crippen molar-refractivity contribution in [3.05, 3.63) is 17.8 Å². The maximum atomic E-state index is 9.31. The zero-order chi connectivity index (χ0) is 10.6. The molecule has 0 aliphatic heterocycles. The average Bonchev–Trinajstić information content (AvgIpc) is 2.17. The third-order valence-electron chi connectivity index (χ3n) is 1.89. The lowest BCUT2D eigenvalue weighted by Gasteiger charge is -2.12. The van der Waals surface area contributed by atoms with Gasteiger partial charge in [0.2, 0.25) is 5.88 Å². The molecule has 0 aliphatic carbocycles. The first-order valence-electron chi connectivity index (χ1n) is 4.43. The first-order chi connectivity index (χ1) is 6.69. The lowest BCUT2D eigenvalue weighted by Crippen LogP contribution is -2.08. The molecule has 1 rings (SSSR count). The normalized spacial score (nSPS) is 12.3. The number of aliphatic hydroxyl groups excluding tert-OH is 1. The van der Waals surface area contributed by atoms with Gasteiger partial charge in [-0.1, -0.05) is 0 Å². The first kappa shape index (κ1) is 10.8. The summed E-state index contributed by atoms with van der Waals surface area (Å²) in [6.45, 7) is 1.71. The van der Waals surface area contributed by atoms with Crippen LogP contribution in [0, 0.1) is 0 Å². The van der Waals surface area contributed by atoms with Crippen molar-refractivity contribution in [3.8, 4) is 11.6 Å². The van der Waals surface area contributed by atoms with E-state index in [0.29, 0.717) is 18.1 Å². The van der Waals surface area contributed by atoms with Gasteiger partial charge in [0, 0.05) is 12.6 Å². The third kappa shape index (κ3) is 2.35. The number of aliphatic hydroxyl groups is 1. The number of methoxy groups -OCH3 is 2. The summed E-state index contributed by atoms with van der Waals surface area (Å²) in [6, 6.07) is 1.75. The van der Waals surface area contributed by atoms with Crippen LogP contribution in [0.2, 0.25) is 0 Å². The van der Waals surface area contributed by atoms with E-state index in [1.54, 1.807) is 33.4 Å². The monoisotopic (exact) mass is 197 g/mol. The summed E-state index contributed by atoms with van der Waals surface area (Å²) in [6.07, 6.45) is 1.64. The Morgan fingerprint density at radius 3 is 2.64 bits per heavy atom. The van der Waals surface area contributed by atoms with Gasteiger partial charge < -0.3 is 14.6 Å². The molecular formula is C10H15NO3. The van der Waals surface area contributed by atoms with E-state index in [0.717, 1.165) is 5.56 Å². The van der Waals surface area contributed by atoms with Crippen molar-refractivity contribution >= 4 is 0 Å². The van der Waals surface area contributed by atoms with Crippen LogP contribution >= 0.6 is 0 Å². The van der Waals surface area contributed by atoms with Gasteiger partial charge >= 0.3 is 0 Å². The molecule has 1 aromatic heterocycles. The van der Waals surface area contributed by atoms with E-state index in [2.05, 4.69) is 4.98 Å². The van der Waals surface area contributed by atoms with E-state index < -0.39 is 6.10 Å². The van der Waals surface area contributed by atoms with Gasteiger partial charge in [0.15, 0.2) is 0 Å². The molecule has 1 unspecified atom stereocenters. The van der Waals surface area contributed by atoms with E-state index in [4.69, 9.17) is 9.47 Å². The van der Waals surface area contributed by atoms with Crippen molar-refractivity contribution in [1.29, 1.82) is 0 Å². The minimum absolute atomic E-state index is 0.443. The van der Waals surface area contributed by atoms with E-state index in [9.17, 15) is 5.11 Å². The van der Waals surface area contributed by atoms with Crippen LogP contribution in [0.15, 0.2) is 12.3 Å². The molecule has 1 N–H and O–H groups in total. The highest BCUT2D eigenvalue weighted by Crippen LogP contribution is 2.26. The number of aromatic nitrogens is 1. The smallest absolute Gasteiger partial charge is 0.220 e. The SMILES string of the molecule is COc1ccnc(OC)c1CC(C)O. The molecular weight excluding hydrogens is 182 g/mol. The molecule has 14 heavy (non-hydrogen) atoms. The zero-order valence-corrected chi connectivity index (χ0v) is 8.65. The molecule has 0 saturated heterocycles. The van der Waals surface area contributed by atoms with E-state index in [1.165, 1.54) is 0 Å². The van der Waals surface area contributed by atoms with E-state index in [1.807, 2.05) is 0 Å². The van der Waals surface area contributed by atoms with Crippen LogP contribution in [-0.4, -0.2) is 30.4 Å². The van der Waals surface area contributed by atoms with Gasteiger partial charge in [0.1, 0.15) is 5.75 Å². The highest BCUT2D eigenvalue weighted by Gasteiger charge is 2.12. The number of hydrogen-bond donors (Lipinski definition) is 1. The molecule has 4 heteroatoms. The van der Waals surface area contributed by atoms with Gasteiger partial charge in [-0.25, -0.2) is 4.98 Å². The van der Waals surface area contributed by atoms with Crippen molar-refractivity contribution in [2.45, 2.75) is 19.4 Å². The Bertz CT molecular complexity index is 277. The van der Waals surface area contributed by atoms with Crippen molar-refractivity contribution < 1.29 is 14.6 Å². The Morgan fingerprint density at radius 2 is 2.14 bits per heavy atom. The molecule has 0 aliphatic rings. The minimum Gasteiger partial charge on any atom is -0.496 e. The summed E-state index contributed by atoms with van der Waals surface area (Å²) >= 11 is 0. The third-order valence-corrected chi connectivity index (χ3v) is 1.89. The summed E-state index contributed by atoms with van der Waals surface area (Å²) in [5.41, 5.74) is 0.799. The van der Waals surface area contributed by atoms with Crippen LogP contribution in [0.4, 0.5) is 0 Å². The van der Waals surface area contributed by atoms with Crippen LogP contribution < -0.4 is 9.47 Å². The van der Waals surface area contributed by atoms with Crippen LogP contribution in [-0.2, 0) is 6.42 Å². The molecule has 0 saturated carbocycles. The minimum atomic E-state index is -0.443. The van der Waals surface area contributed by atoms with Crippen molar-refractivity contribution in [2.24, 2.45) is 0 Å². The fourth-order valence-corrected chi connectivity index (χ4v) is 1.31. The Hall–Kier alpha value is -1.29. The van der Waals surface area contributed by atoms with Gasteiger partial charge in [0.25, 0.3) is 0 Å². The second-order valence-corrected chi connectivity index (χ2v) is 3.05. The fraction of sp³-hybridized carbons (Fsp3) is 0.500. The summed E-state index contributed by atoms with van der Waals surface area (Å²) < 4.78 is 10.2. The predicted octanol–water partition coefficient (Wildman–Crippen LogP) is 1.02. The number of rotatable bonds is 4. The summed E-state index contributed by atoms with van der Waals surface area (Å²) in [7, 11) is 3.13. The molecule has 1 atom stereocenters. The van der Waals surface area contributed by atoms with E-state index >= 15 is 0 Å². The summed E-state index contributed by atoms with van der Waals surface area (Å²) in [4.78, 5) is 4.05. The van der Waals surface area contributed by atoms with E-state index in [-0.39, 0.29) is 0 Å². The topological polar surface area (TPSA) is 51.6 Å². The average molecular weight is 197 g/mol. The van der Waals surface area contributed by atoms with Gasteiger partial charge in [-0.2, -0.15) is 0 Å². The molecule has 1 aromatic rings. The molecule has 0 aromatic carbocycles. The lowest BCUT2D eigenvalue weighted by molar-refractivity contribution is 0.192. The molecule has 78 valence electrons. The highest BCUT2D eigenvalue weighted by atomic mass is 16.5. The Balaban J connectivity index is 3.05. The second kappa shape index (κ2) is 4.81. The Kier molecular flexibility index (Phi) is 3.71. The Morgan fingerprint density at radius 1 is 1.43 bits per heavy atom. The van der Waals surface area contributed by atoms with Gasteiger partial charge in [-0.15, -0.1) is 0 Å². The highest BCUT2D eigenvalue weighted by molar-refractivity contribution is 5.40. The maximum Gasteiger partial charge on any atom is 0.220 e. The quantitative estimate of drug-likeness (QED) is 0.783. The summed E-state index contributed by atoms with van der Waals surface area (Å²) in [5.74, 6) is 1.20. The lowest BCUT2D eigenvalue weighted by atomic mass is 10.1. The second-order valence-electron chi connectivity index (χ2n) is 3.05. The molecule has 1 heterocycles. The summed E-state index contributed by atoms with van der Waals surface area (Å²) in [5, 5.41) is 9.31. The Labute approximate surface area is 83.5 Å². The maximum absolute atomic E-state index is 9.31. The number of ether oxygens (including phenoxy) is 2. The van der Waals surface area contributed by atoms with Crippen molar-refractivity contribution in [2.75, 3.05) is 14.2 Å². The van der Waals surface area contributed by atoms with Crippen LogP contribution in [0.3, 0.4) is 0 Å². The van der Waals surface area contributed by atoms with Gasteiger partial charge in [-0.05, 0) is 13.0 Å². The molecule has 4 nitrogen and oxygen atoms in total. The zero-order valence-electron chi connectivity index (χ0n) is 8.65. The number of hydrogen-bond acceptors (Lipinski definition) is 4. The van der Waals surface area contributed by atoms with Crippen molar-refractivity contribution in [3.63, 3.8) is 0 Å². The largest absolute Gasteiger partial charge is 0.496 e. The molecule has 0 bridgehead atoms. The number of pyridine rings is 1. The fourth-order valence-electron chi connectivity index (χ4n) is 1.31. The van der Waals surface area contributed by atoms with Crippen LogP contribution in [0.1, 0.15) is 12.5 Å². The van der Waals surface area contributed by atoms with Crippen LogP contribution in [0.25, 0.3) is 0 Å². The number of nitrogens with zero attached hydrogens (tertiary/aromatic N) is 1. The molecule has 0 fully saturated rings. The van der Waals surface area contributed by atoms with Crippen LogP contribution in [0.5, 0.6) is 11.6 Å². The molecule has 0 spiro atoms. The molecule has 0 amide bonds.